The van der Waals surface area contributed by atoms with Gasteiger partial charge in [-0.25, -0.2) is 4.79 Å². The summed E-state index contributed by atoms with van der Waals surface area (Å²) in [6, 6.07) is 36.3. The number of aromatic nitrogens is 1. The average Bonchev–Trinajstić information content (AvgIpc) is 3.21. The number of pyridine rings is 1. The molecule has 1 fully saturated rings. The van der Waals surface area contributed by atoms with Gasteiger partial charge in [-0.3, -0.25) is 18.8 Å². The van der Waals surface area contributed by atoms with Gasteiger partial charge in [-0.2, -0.15) is 0 Å². The third kappa shape index (κ3) is 15.6. The van der Waals surface area contributed by atoms with Gasteiger partial charge in [-0.05, 0) is 92.2 Å². The molecule has 0 aliphatic heterocycles. The number of aromatic hydroxyl groups is 1. The van der Waals surface area contributed by atoms with Gasteiger partial charge in [0, 0.05) is 48.3 Å². The molecule has 2 amide bonds. The van der Waals surface area contributed by atoms with Crippen LogP contribution in [0, 0.1) is 5.92 Å². The summed E-state index contributed by atoms with van der Waals surface area (Å²) in [6.07, 6.45) is 7.09. The van der Waals surface area contributed by atoms with Crippen molar-refractivity contribution in [2.45, 2.75) is 43.5 Å². The molecule has 308 valence electrons. The minimum absolute atomic E-state index is 0.115. The second-order valence-corrected chi connectivity index (χ2v) is 15.4. The maximum Gasteiger partial charge on any atom is 0.337 e. The number of nitrogens with two attached hydrogens (primary N) is 1. The number of carbonyl (C=O) groups excluding carboxylic acids is 2. The summed E-state index contributed by atoms with van der Waals surface area (Å²) in [5, 5.41) is 30.7. The minimum Gasteiger partial charge on any atom is -0.508 e. The van der Waals surface area contributed by atoms with Gasteiger partial charge in [0.05, 0.1) is 23.5 Å². The summed E-state index contributed by atoms with van der Waals surface area (Å²) >= 11 is 0. The molecule has 0 saturated heterocycles. The van der Waals surface area contributed by atoms with Crippen molar-refractivity contribution in [1.82, 2.24) is 9.88 Å². The fourth-order valence-electron chi connectivity index (χ4n) is 6.40. The molecule has 1 saturated carbocycles. The highest BCUT2D eigenvalue weighted by Crippen LogP contribution is 2.42. The lowest BCUT2D eigenvalue weighted by Crippen LogP contribution is -2.43. The van der Waals surface area contributed by atoms with Crippen LogP contribution in [0.25, 0.3) is 0 Å². The van der Waals surface area contributed by atoms with Crippen molar-refractivity contribution in [2.75, 3.05) is 38.8 Å². The molecule has 1 aliphatic carbocycles. The Bertz CT molecular complexity index is 1980. The molecule has 12 nitrogen and oxygen atoms in total. The monoisotopic (exact) mass is 810 g/mol. The number of amides is 2. The highest BCUT2D eigenvalue weighted by Gasteiger charge is 2.40. The first-order valence-corrected chi connectivity index (χ1v) is 20.1. The zero-order valence-corrected chi connectivity index (χ0v) is 34.2. The third-order valence-electron chi connectivity index (χ3n) is 9.04. The van der Waals surface area contributed by atoms with Crippen LogP contribution in [-0.2, 0) is 26.0 Å². The molecule has 4 aromatic carbocycles. The van der Waals surface area contributed by atoms with Gasteiger partial charge >= 0.3 is 5.97 Å². The van der Waals surface area contributed by atoms with Gasteiger partial charge in [0.25, 0.3) is 0 Å². The molecule has 58 heavy (non-hydrogen) atoms. The zero-order chi connectivity index (χ0) is 42.5. The molecule has 6 rings (SSSR count). The second-order valence-electron chi connectivity index (χ2n) is 13.8. The first-order valence-electron chi connectivity index (χ1n) is 18.7. The smallest absolute Gasteiger partial charge is 0.337 e. The first kappa shape index (κ1) is 46.5. The van der Waals surface area contributed by atoms with Crippen LogP contribution in [0.4, 0.5) is 5.69 Å². The molecular formula is C45H54N4O8S. The lowest BCUT2D eigenvalue weighted by Gasteiger charge is -2.41. The minimum atomic E-state index is -1.36. The van der Waals surface area contributed by atoms with Gasteiger partial charge in [0.1, 0.15) is 17.3 Å². The number of hydrogen-bond acceptors (Lipinski definition) is 9. The number of phenolic OH excluding ortho intramolecular Hbond substituents is 1. The van der Waals surface area contributed by atoms with E-state index in [0.29, 0.717) is 11.6 Å². The fourth-order valence-corrected chi connectivity index (χ4v) is 7.76. The van der Waals surface area contributed by atoms with Crippen molar-refractivity contribution in [2.24, 2.45) is 11.7 Å². The van der Waals surface area contributed by atoms with E-state index in [-0.39, 0.29) is 28.2 Å². The second kappa shape index (κ2) is 24.0. The molecule has 13 heteroatoms. The maximum atomic E-state index is 12.4. The summed E-state index contributed by atoms with van der Waals surface area (Å²) in [6.45, 7) is 2.36. The molecule has 6 N–H and O–H groups in total. The molecule has 1 heterocycles. The highest BCUT2D eigenvalue weighted by molar-refractivity contribution is 7.86. The molecule has 5 aromatic rings. The van der Waals surface area contributed by atoms with E-state index in [9.17, 15) is 23.7 Å². The van der Waals surface area contributed by atoms with E-state index in [2.05, 4.69) is 29.3 Å². The Balaban J connectivity index is 0.000000217. The zero-order valence-electron chi connectivity index (χ0n) is 33.4. The van der Waals surface area contributed by atoms with Crippen molar-refractivity contribution in [3.63, 3.8) is 0 Å². The van der Waals surface area contributed by atoms with Crippen LogP contribution in [0.5, 0.6) is 11.5 Å². The summed E-state index contributed by atoms with van der Waals surface area (Å²) < 4.78 is 17.7. The van der Waals surface area contributed by atoms with E-state index >= 15 is 0 Å². The van der Waals surface area contributed by atoms with Crippen LogP contribution in [-0.4, -0.2) is 80.7 Å². The van der Waals surface area contributed by atoms with Crippen molar-refractivity contribution in [3.8, 4) is 11.5 Å². The Morgan fingerprint density at radius 2 is 1.53 bits per heavy atom. The van der Waals surface area contributed by atoms with Crippen molar-refractivity contribution in [3.05, 3.63) is 156 Å². The number of carboxylic acid groups (broad SMARTS) is 1. The van der Waals surface area contributed by atoms with E-state index in [1.165, 1.54) is 43.9 Å². The molecule has 1 aliphatic rings. The Labute approximate surface area is 343 Å². The Kier molecular flexibility index (Phi) is 19.2. The topological polar surface area (TPSA) is 192 Å². The van der Waals surface area contributed by atoms with E-state index in [1.807, 2.05) is 84.9 Å². The summed E-state index contributed by atoms with van der Waals surface area (Å²) in [7, 11) is 4.44. The number of ether oxygens (including phenoxy) is 1. The van der Waals surface area contributed by atoms with Crippen molar-refractivity contribution >= 4 is 34.3 Å². The number of benzene rings is 4. The summed E-state index contributed by atoms with van der Waals surface area (Å²) in [4.78, 5) is 37.5. The van der Waals surface area contributed by atoms with Crippen LogP contribution in [0.3, 0.4) is 0 Å². The highest BCUT2D eigenvalue weighted by atomic mass is 32.2. The predicted octanol–water partition coefficient (Wildman–Crippen LogP) is 6.78. The number of nitrogens with zero attached hydrogens (tertiary/aromatic N) is 2. The van der Waals surface area contributed by atoms with E-state index in [4.69, 9.17) is 20.7 Å². The van der Waals surface area contributed by atoms with Crippen LogP contribution in [0.2, 0.25) is 0 Å². The number of carboxylic acids is 1. The van der Waals surface area contributed by atoms with Crippen LogP contribution < -0.4 is 15.8 Å². The van der Waals surface area contributed by atoms with Crippen molar-refractivity contribution < 1.29 is 38.6 Å². The predicted molar refractivity (Wildman–Crippen MR) is 228 cm³/mol. The van der Waals surface area contributed by atoms with Gasteiger partial charge < -0.3 is 36.0 Å². The summed E-state index contributed by atoms with van der Waals surface area (Å²) in [5.41, 5.74) is 8.20. The van der Waals surface area contributed by atoms with Gasteiger partial charge in [0.15, 0.2) is 0 Å². The normalized spacial score (nSPS) is 16.2. The molecule has 3 atom stereocenters. The first-order chi connectivity index (χ1) is 27.7. The molecule has 1 unspecified atom stereocenters. The quantitative estimate of drug-likeness (QED) is 0.0890. The largest absolute Gasteiger partial charge is 0.508 e. The van der Waals surface area contributed by atoms with Crippen LogP contribution in [0.1, 0.15) is 64.9 Å². The standard InChI is InChI=1S/C16H25NO2.C15H15NO2S.C8H9NO2.C6H5NO2/c1-17(2)12-14-7-4-5-10-16(14,18)13-8-6-9-15(11-13)19-3;16-14(17)11-19(18)15(12-7-3-1-4-8-12)13-9-5-2-6-10-13;1-6(10)9-7-2-4-8(11)5-3-7;8-6(9)5-2-1-3-7-4-5/h6,8-9,11,14,18H,4-5,7,10,12H2,1-3H3;1-10,15H,11H2,(H2,16,17);2-5,11H,1H3,(H,9,10);1-4H,(H,8,9)/t14-,16+;;;/m1.../s1. The maximum absolute atomic E-state index is 12.4. The number of methoxy groups -OCH3 is 1. The fraction of sp³-hybridized carbons (Fsp3) is 0.289. The number of anilines is 1. The number of aliphatic hydroxyl groups is 1. The molecule has 0 bridgehead atoms. The average molecular weight is 811 g/mol. The lowest BCUT2D eigenvalue weighted by molar-refractivity contribution is -0.116. The Morgan fingerprint density at radius 1 is 0.914 bits per heavy atom. The van der Waals surface area contributed by atoms with Crippen LogP contribution >= 0.6 is 0 Å². The van der Waals surface area contributed by atoms with Gasteiger partial charge in [-0.1, -0.05) is 85.6 Å². The number of rotatable bonds is 11. The molecular weight excluding hydrogens is 757 g/mol. The Morgan fingerprint density at radius 3 is 2.02 bits per heavy atom. The van der Waals surface area contributed by atoms with E-state index in [0.717, 1.165) is 48.2 Å². The lowest BCUT2D eigenvalue weighted by atomic mass is 9.71. The number of carbonyl (C=O) groups is 3. The number of primary amides is 1. The van der Waals surface area contributed by atoms with Gasteiger partial charge in [-0.15, -0.1) is 0 Å². The molecule has 0 spiro atoms. The van der Waals surface area contributed by atoms with Crippen LogP contribution in [0.15, 0.2) is 134 Å². The Hall–Kier alpha value is -5.89. The molecule has 1 aromatic heterocycles. The van der Waals surface area contributed by atoms with Crippen molar-refractivity contribution in [1.29, 1.82) is 0 Å². The number of phenols is 1. The summed E-state index contributed by atoms with van der Waals surface area (Å²) in [5.74, 6) is -0.425. The van der Waals surface area contributed by atoms with E-state index in [1.54, 1.807) is 25.3 Å². The number of hydrogen-bond donors (Lipinski definition) is 5. The number of nitrogens with one attached hydrogen (secondary N) is 1. The SMILES string of the molecule is CC(=O)Nc1ccc(O)cc1.COc1cccc([C@@]2(O)CCCC[C@@H]2CN(C)C)c1.NC(=O)CS(=O)C(c1ccccc1)c1ccccc1.O=C(O)c1cccnc1. The number of aromatic carboxylic acids is 1. The van der Waals surface area contributed by atoms with Gasteiger partial charge in [0.2, 0.25) is 11.8 Å². The third-order valence-corrected chi connectivity index (χ3v) is 10.7. The van der Waals surface area contributed by atoms with E-state index < -0.39 is 28.3 Å². The molecule has 0 radical (unpaired) electrons.